The average Bonchev–Trinajstić information content (AvgIpc) is 3.24. The quantitative estimate of drug-likeness (QED) is 0.606. The molecule has 7 nitrogen and oxygen atoms in total. The van der Waals surface area contributed by atoms with Crippen LogP contribution in [0.4, 0.5) is 4.39 Å². The van der Waals surface area contributed by atoms with Crippen LogP contribution in [-0.2, 0) is 21.5 Å². The summed E-state index contributed by atoms with van der Waals surface area (Å²) in [5.74, 6) is -0.195. The number of ether oxygens (including phenoxy) is 1. The van der Waals surface area contributed by atoms with Crippen LogP contribution in [0.2, 0.25) is 5.02 Å². The van der Waals surface area contributed by atoms with Crippen molar-refractivity contribution in [1.82, 2.24) is 14.5 Å². The smallest absolute Gasteiger partial charge is 0.232 e. The molecule has 2 N–H and O–H groups in total. The molecule has 3 aromatic rings. The number of aromatic nitrogens is 2. The molecule has 0 spiro atoms. The van der Waals surface area contributed by atoms with E-state index >= 15 is 0 Å². The number of amides is 1. The number of pyridine rings is 1. The second kappa shape index (κ2) is 8.67. The van der Waals surface area contributed by atoms with Crippen LogP contribution in [0.1, 0.15) is 49.8 Å². The van der Waals surface area contributed by atoms with Gasteiger partial charge in [0.2, 0.25) is 5.91 Å². The van der Waals surface area contributed by atoms with E-state index in [1.807, 2.05) is 32.0 Å². The van der Waals surface area contributed by atoms with E-state index < -0.39 is 5.54 Å². The van der Waals surface area contributed by atoms with Gasteiger partial charge in [0.05, 0.1) is 24.3 Å². The van der Waals surface area contributed by atoms with Crippen LogP contribution in [0.15, 0.2) is 47.7 Å². The molecule has 0 unspecified atom stereocenters. The summed E-state index contributed by atoms with van der Waals surface area (Å²) in [5.41, 5.74) is 8.16. The lowest BCUT2D eigenvalue weighted by Gasteiger charge is -2.41. The summed E-state index contributed by atoms with van der Waals surface area (Å²) >= 11 is 6.85. The fourth-order valence-electron chi connectivity index (χ4n) is 5.09. The van der Waals surface area contributed by atoms with Gasteiger partial charge in [0.25, 0.3) is 0 Å². The van der Waals surface area contributed by atoms with E-state index in [1.54, 1.807) is 23.4 Å². The zero-order chi connectivity index (χ0) is 24.0. The molecule has 2 aromatic heterocycles. The molecule has 0 aliphatic carbocycles. The third-order valence-electron chi connectivity index (χ3n) is 6.76. The Labute approximate surface area is 202 Å². The summed E-state index contributed by atoms with van der Waals surface area (Å²) in [6.07, 6.45) is 5.46. The largest absolute Gasteiger partial charge is 0.378 e. The molecule has 178 valence electrons. The number of hydrogen-bond donors (Lipinski definition) is 1. The van der Waals surface area contributed by atoms with Crippen molar-refractivity contribution in [3.8, 4) is 0 Å². The minimum Gasteiger partial charge on any atom is -0.378 e. The minimum atomic E-state index is -0.890. The zero-order valence-corrected chi connectivity index (χ0v) is 19.9. The first-order valence-corrected chi connectivity index (χ1v) is 11.8. The van der Waals surface area contributed by atoms with E-state index in [0.717, 1.165) is 29.5 Å². The lowest BCUT2D eigenvalue weighted by Crippen LogP contribution is -2.56. The summed E-state index contributed by atoms with van der Waals surface area (Å²) in [6, 6.07) is 8.76. The van der Waals surface area contributed by atoms with Gasteiger partial charge in [-0.15, -0.1) is 0 Å². The molecule has 4 heterocycles. The van der Waals surface area contributed by atoms with Crippen molar-refractivity contribution in [3.05, 3.63) is 70.3 Å². The number of carbonyl (C=O) groups is 1. The van der Waals surface area contributed by atoms with Crippen LogP contribution in [0, 0.1) is 5.82 Å². The molecule has 1 fully saturated rings. The van der Waals surface area contributed by atoms with Gasteiger partial charge in [-0.1, -0.05) is 29.8 Å². The number of aliphatic imine (C=N–C) groups is 1. The van der Waals surface area contributed by atoms with Crippen LogP contribution in [0.25, 0.3) is 5.52 Å². The minimum absolute atomic E-state index is 0.0153. The fourth-order valence-corrected chi connectivity index (χ4v) is 5.49. The monoisotopic (exact) mass is 483 g/mol. The predicted octanol–water partition coefficient (Wildman–Crippen LogP) is 4.05. The summed E-state index contributed by atoms with van der Waals surface area (Å²) in [7, 11) is 0. The van der Waals surface area contributed by atoms with Crippen LogP contribution in [-0.4, -0.2) is 45.1 Å². The van der Waals surface area contributed by atoms with Gasteiger partial charge in [0, 0.05) is 30.3 Å². The number of hydrogen-bond acceptors (Lipinski definition) is 5. The number of nitrogens with zero attached hydrogens (tertiary/aromatic N) is 4. The van der Waals surface area contributed by atoms with E-state index in [-0.39, 0.29) is 36.3 Å². The Balaban J connectivity index is 1.45. The lowest BCUT2D eigenvalue weighted by atomic mass is 9.85. The Morgan fingerprint density at radius 2 is 2.18 bits per heavy atom. The number of benzene rings is 1. The lowest BCUT2D eigenvalue weighted by molar-refractivity contribution is -0.133. The van der Waals surface area contributed by atoms with Crippen LogP contribution in [0.5, 0.6) is 0 Å². The Hall–Kier alpha value is -2.97. The highest BCUT2D eigenvalue weighted by Crippen LogP contribution is 2.40. The van der Waals surface area contributed by atoms with Crippen molar-refractivity contribution >= 4 is 29.0 Å². The number of rotatable bonds is 4. The molecule has 2 aliphatic heterocycles. The van der Waals surface area contributed by atoms with Gasteiger partial charge in [-0.2, -0.15) is 5.10 Å². The van der Waals surface area contributed by atoms with Gasteiger partial charge in [0.15, 0.2) is 5.96 Å². The van der Waals surface area contributed by atoms with E-state index in [4.69, 9.17) is 27.1 Å². The number of guanidine groups is 1. The number of halogens is 2. The van der Waals surface area contributed by atoms with Gasteiger partial charge in [-0.25, -0.2) is 13.9 Å². The third-order valence-corrected chi connectivity index (χ3v) is 7.21. The fraction of sp³-hybridized carbons (Fsp3) is 0.400. The molecule has 1 aromatic carbocycles. The molecule has 5 rings (SSSR count). The first kappa shape index (κ1) is 22.8. The number of carbonyl (C=O) groups excluding carboxylic acids is 1. The molecule has 34 heavy (non-hydrogen) atoms. The van der Waals surface area contributed by atoms with Crippen LogP contribution >= 0.6 is 11.6 Å². The first-order chi connectivity index (χ1) is 16.2. The maximum Gasteiger partial charge on any atom is 0.232 e. The first-order valence-electron chi connectivity index (χ1n) is 11.4. The highest BCUT2D eigenvalue weighted by molar-refractivity contribution is 6.32. The predicted molar refractivity (Wildman–Crippen MR) is 128 cm³/mol. The number of nitrogens with two attached hydrogens (primary N) is 1. The molecule has 0 saturated carbocycles. The Morgan fingerprint density at radius 1 is 1.35 bits per heavy atom. The molecule has 1 saturated heterocycles. The van der Waals surface area contributed by atoms with Crippen molar-refractivity contribution in [2.45, 2.75) is 57.2 Å². The van der Waals surface area contributed by atoms with Gasteiger partial charge < -0.3 is 10.5 Å². The highest BCUT2D eigenvalue weighted by Gasteiger charge is 2.42. The van der Waals surface area contributed by atoms with E-state index in [0.29, 0.717) is 23.6 Å². The molecule has 1 amide bonds. The molecule has 2 aliphatic rings. The van der Waals surface area contributed by atoms with Crippen molar-refractivity contribution in [3.63, 3.8) is 0 Å². The van der Waals surface area contributed by atoms with E-state index in [2.05, 4.69) is 5.10 Å². The Kier molecular flexibility index (Phi) is 5.81. The standard InChI is InChI=1S/C25H27ClFN5O2/c1-15-10-18(7-9-34-15)32-22(33)13-25(2,30-24(32)28)19-5-3-4-17(23(19)26)11-16-12-20(27)21-6-8-29-31(21)14-16/h3-6,8,12,14-15,18H,7,9-11,13H2,1-2H3,(H2,28,30)/t15-,18-,25+/m1/s1. The molecule has 9 heteroatoms. The second-order valence-corrected chi connectivity index (χ2v) is 9.73. The van der Waals surface area contributed by atoms with Gasteiger partial charge in [0.1, 0.15) is 11.3 Å². The SMILES string of the molecule is C[C@@H]1C[C@H](N2C(=O)C[C@@](C)(c3cccc(Cc4cc(F)c5ccnn5c4)c3Cl)N=C2N)CCO1. The van der Waals surface area contributed by atoms with Gasteiger partial charge in [-0.05, 0) is 55.5 Å². The number of fused-ring (bicyclic) bond motifs is 1. The maximum absolute atomic E-state index is 14.4. The molecule has 0 bridgehead atoms. The van der Waals surface area contributed by atoms with Crippen molar-refractivity contribution < 1.29 is 13.9 Å². The molecule has 0 radical (unpaired) electrons. The molecule has 3 atom stereocenters. The molecular formula is C25H27ClFN5O2. The maximum atomic E-state index is 14.4. The second-order valence-electron chi connectivity index (χ2n) is 9.36. The zero-order valence-electron chi connectivity index (χ0n) is 19.2. The summed E-state index contributed by atoms with van der Waals surface area (Å²) in [4.78, 5) is 19.7. The Morgan fingerprint density at radius 3 is 2.94 bits per heavy atom. The summed E-state index contributed by atoms with van der Waals surface area (Å²) < 4.78 is 21.6. The van der Waals surface area contributed by atoms with Gasteiger partial charge in [-0.3, -0.25) is 9.69 Å². The van der Waals surface area contributed by atoms with Crippen molar-refractivity contribution in [1.29, 1.82) is 0 Å². The normalized spacial score (nSPS) is 25.6. The topological polar surface area (TPSA) is 85.2 Å². The van der Waals surface area contributed by atoms with E-state index in [9.17, 15) is 9.18 Å². The Bertz CT molecular complexity index is 1290. The third kappa shape index (κ3) is 4.05. The molecular weight excluding hydrogens is 457 g/mol. The van der Waals surface area contributed by atoms with Crippen molar-refractivity contribution in [2.75, 3.05) is 6.61 Å². The average molecular weight is 484 g/mol. The summed E-state index contributed by atoms with van der Waals surface area (Å²) in [6.45, 7) is 4.47. The van der Waals surface area contributed by atoms with Crippen LogP contribution in [0.3, 0.4) is 0 Å². The van der Waals surface area contributed by atoms with Gasteiger partial charge >= 0.3 is 0 Å². The van der Waals surface area contributed by atoms with E-state index in [1.165, 1.54) is 10.6 Å². The highest BCUT2D eigenvalue weighted by atomic mass is 35.5. The van der Waals surface area contributed by atoms with Crippen molar-refractivity contribution in [2.24, 2.45) is 10.7 Å². The van der Waals surface area contributed by atoms with Crippen LogP contribution < -0.4 is 5.73 Å². The summed E-state index contributed by atoms with van der Waals surface area (Å²) in [5, 5.41) is 4.64.